The fourth-order valence-corrected chi connectivity index (χ4v) is 2.37. The minimum atomic E-state index is -3.62. The molecule has 0 radical (unpaired) electrons. The Morgan fingerprint density at radius 3 is 2.89 bits per heavy atom. The van der Waals surface area contributed by atoms with Crippen molar-refractivity contribution in [2.24, 2.45) is 5.73 Å². The lowest BCUT2D eigenvalue weighted by molar-refractivity contribution is 0.599. The van der Waals surface area contributed by atoms with Crippen LogP contribution in [0.2, 0.25) is 0 Å². The number of nitrogens with two attached hydrogens (primary N) is 1. The minimum Gasteiger partial charge on any atom is -0.329 e. The Kier molecular flexibility index (Phi) is 3.58. The van der Waals surface area contributed by atoms with Gasteiger partial charge in [-0.05, 0) is 12.1 Å². The maximum Gasteiger partial charge on any atom is 0.265 e. The average Bonchev–Trinajstić information content (AvgIpc) is 2.80. The highest BCUT2D eigenvalue weighted by Crippen LogP contribution is 2.13. The molecule has 0 spiro atoms. The topological polar surface area (TPSA) is 103 Å². The number of pyridine rings is 1. The van der Waals surface area contributed by atoms with E-state index in [2.05, 4.69) is 14.8 Å². The Bertz CT molecular complexity index is 608. The van der Waals surface area contributed by atoms with Crippen LogP contribution in [-0.2, 0) is 16.6 Å². The molecule has 2 aromatic rings. The van der Waals surface area contributed by atoms with Crippen molar-refractivity contribution in [1.82, 2.24) is 14.8 Å². The van der Waals surface area contributed by atoms with Gasteiger partial charge in [0.2, 0.25) is 0 Å². The third-order valence-electron chi connectivity index (χ3n) is 2.19. The number of hydrogen-bond donors (Lipinski definition) is 2. The molecule has 0 aliphatic rings. The molecule has 2 rings (SSSR count). The molecule has 18 heavy (non-hydrogen) atoms. The summed E-state index contributed by atoms with van der Waals surface area (Å²) < 4.78 is 27.9. The van der Waals surface area contributed by atoms with Gasteiger partial charge in [0.05, 0.1) is 24.6 Å². The predicted molar refractivity (Wildman–Crippen MR) is 66.3 cm³/mol. The molecule has 0 aliphatic heterocycles. The molecule has 2 aromatic heterocycles. The van der Waals surface area contributed by atoms with E-state index in [1.807, 2.05) is 0 Å². The van der Waals surface area contributed by atoms with Crippen LogP contribution in [0, 0.1) is 0 Å². The molecule has 2 heterocycles. The molecular weight excluding hydrogens is 254 g/mol. The lowest BCUT2D eigenvalue weighted by atomic mass is 10.4. The van der Waals surface area contributed by atoms with E-state index in [4.69, 9.17) is 5.73 Å². The molecular formula is C10H13N5O2S. The molecule has 96 valence electrons. The fraction of sp³-hybridized carbons (Fsp3) is 0.200. The molecule has 0 unspecified atom stereocenters. The summed E-state index contributed by atoms with van der Waals surface area (Å²) in [5.41, 5.74) is 5.77. The Hall–Kier alpha value is -1.93. The predicted octanol–water partition coefficient (Wildman–Crippen LogP) is 0.0376. The Morgan fingerprint density at radius 1 is 1.39 bits per heavy atom. The first kappa shape index (κ1) is 12.5. The summed E-state index contributed by atoms with van der Waals surface area (Å²) in [5, 5.41) is 3.92. The zero-order valence-electron chi connectivity index (χ0n) is 9.52. The van der Waals surface area contributed by atoms with Gasteiger partial charge in [-0.1, -0.05) is 0 Å². The summed E-state index contributed by atoms with van der Waals surface area (Å²) in [4.78, 5) is 3.93. The van der Waals surface area contributed by atoms with Gasteiger partial charge in [-0.15, -0.1) is 0 Å². The average molecular weight is 267 g/mol. The van der Waals surface area contributed by atoms with Crippen LogP contribution < -0.4 is 10.5 Å². The van der Waals surface area contributed by atoms with E-state index in [9.17, 15) is 8.42 Å². The van der Waals surface area contributed by atoms with Crippen LogP contribution in [0.15, 0.2) is 41.8 Å². The van der Waals surface area contributed by atoms with Gasteiger partial charge in [-0.25, -0.2) is 8.42 Å². The van der Waals surface area contributed by atoms with Crippen LogP contribution in [0.1, 0.15) is 0 Å². The second-order valence-corrected chi connectivity index (χ2v) is 5.26. The highest BCUT2D eigenvalue weighted by Gasteiger charge is 2.16. The SMILES string of the molecule is NCCn1cc(S(=O)(=O)Nc2cccnc2)cn1. The third-order valence-corrected chi connectivity index (χ3v) is 3.53. The highest BCUT2D eigenvalue weighted by molar-refractivity contribution is 7.92. The van der Waals surface area contributed by atoms with Crippen LogP contribution >= 0.6 is 0 Å². The lowest BCUT2D eigenvalue weighted by Crippen LogP contribution is -2.13. The van der Waals surface area contributed by atoms with Crippen LogP contribution in [0.4, 0.5) is 5.69 Å². The second kappa shape index (κ2) is 5.15. The molecule has 0 aromatic carbocycles. The lowest BCUT2D eigenvalue weighted by Gasteiger charge is -2.04. The molecule has 0 aliphatic carbocycles. The van der Waals surface area contributed by atoms with Crippen molar-refractivity contribution in [3.8, 4) is 0 Å². The monoisotopic (exact) mass is 267 g/mol. The standard InChI is InChI=1S/C10H13N5O2S/c11-3-5-15-8-10(7-13-15)18(16,17)14-9-2-1-4-12-6-9/h1-2,4,6-8,14H,3,5,11H2. The van der Waals surface area contributed by atoms with Crippen LogP contribution in [-0.4, -0.2) is 29.7 Å². The molecule has 3 N–H and O–H groups in total. The fourth-order valence-electron chi connectivity index (χ4n) is 1.38. The van der Waals surface area contributed by atoms with Crippen LogP contribution in [0.5, 0.6) is 0 Å². The normalized spacial score (nSPS) is 11.4. The third kappa shape index (κ3) is 2.84. The highest BCUT2D eigenvalue weighted by atomic mass is 32.2. The van der Waals surface area contributed by atoms with E-state index in [0.717, 1.165) is 0 Å². The van der Waals surface area contributed by atoms with Crippen molar-refractivity contribution in [3.05, 3.63) is 36.9 Å². The summed E-state index contributed by atoms with van der Waals surface area (Å²) in [7, 11) is -3.62. The first-order chi connectivity index (χ1) is 8.62. The molecule has 0 bridgehead atoms. The Morgan fingerprint density at radius 2 is 2.22 bits per heavy atom. The quantitative estimate of drug-likeness (QED) is 0.796. The van der Waals surface area contributed by atoms with Crippen molar-refractivity contribution >= 4 is 15.7 Å². The first-order valence-corrected chi connectivity index (χ1v) is 6.75. The van der Waals surface area contributed by atoms with Crippen LogP contribution in [0.25, 0.3) is 0 Å². The smallest absolute Gasteiger partial charge is 0.265 e. The van der Waals surface area contributed by atoms with Crippen molar-refractivity contribution in [2.75, 3.05) is 11.3 Å². The molecule has 0 amide bonds. The molecule has 0 saturated carbocycles. The number of anilines is 1. The molecule has 0 atom stereocenters. The first-order valence-electron chi connectivity index (χ1n) is 5.27. The number of nitrogens with one attached hydrogen (secondary N) is 1. The van der Waals surface area contributed by atoms with Crippen molar-refractivity contribution < 1.29 is 8.42 Å². The van der Waals surface area contributed by atoms with E-state index in [1.165, 1.54) is 23.3 Å². The summed E-state index contributed by atoms with van der Waals surface area (Å²) in [5.74, 6) is 0. The summed E-state index contributed by atoms with van der Waals surface area (Å²) in [6.07, 6.45) is 5.72. The molecule has 0 saturated heterocycles. The maximum atomic E-state index is 12.0. The van der Waals surface area contributed by atoms with Gasteiger partial charge in [-0.3, -0.25) is 14.4 Å². The molecule has 7 nitrogen and oxygen atoms in total. The van der Waals surface area contributed by atoms with Gasteiger partial charge < -0.3 is 5.73 Å². The van der Waals surface area contributed by atoms with Crippen molar-refractivity contribution in [1.29, 1.82) is 0 Å². The zero-order valence-corrected chi connectivity index (χ0v) is 10.3. The number of rotatable bonds is 5. The second-order valence-electron chi connectivity index (χ2n) is 3.57. The van der Waals surface area contributed by atoms with Gasteiger partial charge in [0.25, 0.3) is 10.0 Å². The number of nitrogens with zero attached hydrogens (tertiary/aromatic N) is 3. The van der Waals surface area contributed by atoms with Crippen molar-refractivity contribution in [2.45, 2.75) is 11.4 Å². The van der Waals surface area contributed by atoms with Gasteiger partial charge in [0, 0.05) is 18.9 Å². The van der Waals surface area contributed by atoms with E-state index in [1.54, 1.807) is 18.3 Å². The van der Waals surface area contributed by atoms with Gasteiger partial charge in [0.1, 0.15) is 4.90 Å². The van der Waals surface area contributed by atoms with E-state index >= 15 is 0 Å². The van der Waals surface area contributed by atoms with E-state index < -0.39 is 10.0 Å². The summed E-state index contributed by atoms with van der Waals surface area (Å²) in [6.45, 7) is 0.875. The largest absolute Gasteiger partial charge is 0.329 e. The van der Waals surface area contributed by atoms with Gasteiger partial charge in [-0.2, -0.15) is 5.10 Å². The molecule has 0 fully saturated rings. The van der Waals surface area contributed by atoms with Crippen molar-refractivity contribution in [3.63, 3.8) is 0 Å². The summed E-state index contributed by atoms with van der Waals surface area (Å²) in [6, 6.07) is 3.27. The van der Waals surface area contributed by atoms with E-state index in [-0.39, 0.29) is 4.90 Å². The Balaban J connectivity index is 2.20. The molecule has 8 heteroatoms. The number of sulfonamides is 1. The van der Waals surface area contributed by atoms with Crippen LogP contribution in [0.3, 0.4) is 0 Å². The number of aromatic nitrogens is 3. The van der Waals surface area contributed by atoms with E-state index in [0.29, 0.717) is 18.8 Å². The van der Waals surface area contributed by atoms with Gasteiger partial charge in [0.15, 0.2) is 0 Å². The summed E-state index contributed by atoms with van der Waals surface area (Å²) >= 11 is 0. The zero-order chi connectivity index (χ0) is 13.0. The van der Waals surface area contributed by atoms with Gasteiger partial charge >= 0.3 is 0 Å². The number of hydrogen-bond acceptors (Lipinski definition) is 5. The maximum absolute atomic E-state index is 12.0. The minimum absolute atomic E-state index is 0.0970. The Labute approximate surface area is 105 Å².